The predicted molar refractivity (Wildman–Crippen MR) is 63.0 cm³/mol. The van der Waals surface area contributed by atoms with Gasteiger partial charge >= 0.3 is 0 Å². The summed E-state index contributed by atoms with van der Waals surface area (Å²) in [6, 6.07) is 6.49. The van der Waals surface area contributed by atoms with Crippen molar-refractivity contribution in [2.24, 2.45) is 10.9 Å². The molecule has 0 N–H and O–H groups in total. The van der Waals surface area contributed by atoms with Crippen LogP contribution in [0.25, 0.3) is 6.08 Å². The fourth-order valence-electron chi connectivity index (χ4n) is 2.49. The van der Waals surface area contributed by atoms with Crippen LogP contribution in [0.1, 0.15) is 0 Å². The lowest BCUT2D eigenvalue weighted by molar-refractivity contribution is 0.128. The molecule has 2 aliphatic rings. The van der Waals surface area contributed by atoms with E-state index in [0.29, 0.717) is 12.0 Å². The van der Waals surface area contributed by atoms with E-state index in [-0.39, 0.29) is 0 Å². The van der Waals surface area contributed by atoms with E-state index in [0.717, 1.165) is 24.2 Å². The van der Waals surface area contributed by atoms with Crippen LogP contribution in [0.2, 0.25) is 0 Å². The number of fused-ring (bicyclic) bond motifs is 1. The zero-order valence-electron chi connectivity index (χ0n) is 9.68. The van der Waals surface area contributed by atoms with Crippen molar-refractivity contribution in [3.8, 4) is 5.75 Å². The number of rotatable bonds is 2. The highest BCUT2D eigenvalue weighted by Crippen LogP contribution is 2.21. The molecule has 16 heavy (non-hydrogen) atoms. The van der Waals surface area contributed by atoms with Crippen LogP contribution in [-0.4, -0.2) is 38.2 Å². The Kier molecular flexibility index (Phi) is 2.21. The largest absolute Gasteiger partial charge is 0.497 e. The second-order valence-electron chi connectivity index (χ2n) is 4.69. The third-order valence-corrected chi connectivity index (χ3v) is 3.45. The van der Waals surface area contributed by atoms with Gasteiger partial charge in [-0.05, 0) is 24.4 Å². The van der Waals surface area contributed by atoms with E-state index in [1.165, 1.54) is 5.22 Å². The highest BCUT2D eigenvalue weighted by atomic mass is 16.5. The molecule has 0 aromatic heterocycles. The molecule has 0 radical (unpaired) electrons. The maximum atomic E-state index is 5.21. The van der Waals surface area contributed by atoms with Gasteiger partial charge in [0.1, 0.15) is 5.75 Å². The maximum absolute atomic E-state index is 5.21. The smallest absolute Gasteiger partial charge is 0.121 e. The predicted octanol–water partition coefficient (Wildman–Crippen LogP) is 0.0391. The standard InChI is InChI=1S/C13H16N2O/c1-15-7-10(8-15)12-5-9-3-4-11(16-2)6-13(9)14-12/h3-6,10,12H,7-8H2,1-2H3. The van der Waals surface area contributed by atoms with Gasteiger partial charge in [-0.1, -0.05) is 6.08 Å². The van der Waals surface area contributed by atoms with Gasteiger partial charge in [-0.3, -0.25) is 4.99 Å². The first-order valence-corrected chi connectivity index (χ1v) is 5.68. The highest BCUT2D eigenvalue weighted by Gasteiger charge is 2.30. The lowest BCUT2D eigenvalue weighted by Gasteiger charge is -2.38. The summed E-state index contributed by atoms with van der Waals surface area (Å²) in [7, 11) is 3.85. The SMILES string of the molecule is COc1ccc2c(c1)=NC(C1CN(C)C1)C=2. The summed E-state index contributed by atoms with van der Waals surface area (Å²) >= 11 is 0. The van der Waals surface area contributed by atoms with Crippen LogP contribution in [0.15, 0.2) is 23.2 Å². The number of nitrogens with zero attached hydrogens (tertiary/aromatic N) is 2. The average molecular weight is 216 g/mol. The Morgan fingerprint density at radius 2 is 2.19 bits per heavy atom. The molecule has 84 valence electrons. The Morgan fingerprint density at radius 1 is 1.38 bits per heavy atom. The van der Waals surface area contributed by atoms with E-state index >= 15 is 0 Å². The molecule has 0 spiro atoms. The van der Waals surface area contributed by atoms with Gasteiger partial charge in [0.15, 0.2) is 0 Å². The van der Waals surface area contributed by atoms with Gasteiger partial charge in [-0.15, -0.1) is 0 Å². The van der Waals surface area contributed by atoms with Crippen LogP contribution in [0.4, 0.5) is 0 Å². The molecule has 3 rings (SSSR count). The average Bonchev–Trinajstić information content (AvgIpc) is 2.66. The molecule has 0 bridgehead atoms. The van der Waals surface area contributed by atoms with Crippen LogP contribution in [0.3, 0.4) is 0 Å². The van der Waals surface area contributed by atoms with Crippen molar-refractivity contribution in [3.63, 3.8) is 0 Å². The van der Waals surface area contributed by atoms with E-state index in [2.05, 4.69) is 24.1 Å². The zero-order chi connectivity index (χ0) is 11.1. The van der Waals surface area contributed by atoms with Gasteiger partial charge in [0.2, 0.25) is 0 Å². The molecule has 1 aromatic carbocycles. The first-order chi connectivity index (χ1) is 7.76. The Balaban J connectivity index is 1.91. The van der Waals surface area contributed by atoms with Gasteiger partial charge < -0.3 is 9.64 Å². The van der Waals surface area contributed by atoms with Gasteiger partial charge in [0, 0.05) is 25.1 Å². The second kappa shape index (κ2) is 3.59. The summed E-state index contributed by atoms with van der Waals surface area (Å²) < 4.78 is 5.21. The molecule has 0 amide bonds. The molecule has 1 atom stereocenters. The monoisotopic (exact) mass is 216 g/mol. The first kappa shape index (κ1) is 9.85. The molecule has 3 nitrogen and oxygen atoms in total. The van der Waals surface area contributed by atoms with Crippen molar-refractivity contribution in [2.75, 3.05) is 27.2 Å². The topological polar surface area (TPSA) is 24.8 Å². The second-order valence-corrected chi connectivity index (χ2v) is 4.69. The molecule has 0 saturated carbocycles. The highest BCUT2D eigenvalue weighted by molar-refractivity contribution is 5.38. The van der Waals surface area contributed by atoms with E-state index in [9.17, 15) is 0 Å². The summed E-state index contributed by atoms with van der Waals surface area (Å²) in [5.41, 5.74) is 0. The van der Waals surface area contributed by atoms with Crippen molar-refractivity contribution < 1.29 is 4.74 Å². The van der Waals surface area contributed by atoms with Crippen molar-refractivity contribution in [2.45, 2.75) is 6.04 Å². The molecule has 2 heterocycles. The van der Waals surface area contributed by atoms with Crippen LogP contribution in [-0.2, 0) is 0 Å². The maximum Gasteiger partial charge on any atom is 0.121 e. The zero-order valence-corrected chi connectivity index (χ0v) is 9.68. The Bertz CT molecular complexity index is 517. The van der Waals surface area contributed by atoms with Crippen molar-refractivity contribution >= 4 is 6.08 Å². The molecule has 1 unspecified atom stereocenters. The molecular weight excluding hydrogens is 200 g/mol. The van der Waals surface area contributed by atoms with Crippen LogP contribution >= 0.6 is 0 Å². The molecule has 1 saturated heterocycles. The fourth-order valence-corrected chi connectivity index (χ4v) is 2.49. The number of benzene rings is 1. The summed E-state index contributed by atoms with van der Waals surface area (Å²) in [5.74, 6) is 1.59. The third-order valence-electron chi connectivity index (χ3n) is 3.45. The molecule has 1 aromatic rings. The molecule has 0 aliphatic carbocycles. The lowest BCUT2D eigenvalue weighted by Crippen LogP contribution is -2.48. The minimum atomic E-state index is 0.373. The number of hydrogen-bond donors (Lipinski definition) is 0. The lowest BCUT2D eigenvalue weighted by atomic mass is 9.93. The van der Waals surface area contributed by atoms with Gasteiger partial charge in [0.05, 0.1) is 18.5 Å². The first-order valence-electron chi connectivity index (χ1n) is 5.68. The Labute approximate surface area is 95.1 Å². The quantitative estimate of drug-likeness (QED) is 0.697. The van der Waals surface area contributed by atoms with Crippen molar-refractivity contribution in [1.82, 2.24) is 4.90 Å². The summed E-state index contributed by atoms with van der Waals surface area (Å²) in [4.78, 5) is 7.09. The molecular formula is C13H16N2O. The fraction of sp³-hybridized carbons (Fsp3) is 0.462. The van der Waals surface area contributed by atoms with Crippen molar-refractivity contribution in [3.05, 3.63) is 28.8 Å². The summed E-state index contributed by atoms with van der Waals surface area (Å²) in [5, 5.41) is 2.33. The molecule has 2 aliphatic heterocycles. The third kappa shape index (κ3) is 1.52. The van der Waals surface area contributed by atoms with E-state index in [4.69, 9.17) is 9.73 Å². The Hall–Kier alpha value is -1.35. The minimum absolute atomic E-state index is 0.373. The van der Waals surface area contributed by atoms with Crippen molar-refractivity contribution in [1.29, 1.82) is 0 Å². The van der Waals surface area contributed by atoms with Crippen LogP contribution in [0.5, 0.6) is 5.75 Å². The number of likely N-dealkylation sites (tertiary alicyclic amines) is 1. The van der Waals surface area contributed by atoms with Gasteiger partial charge in [-0.2, -0.15) is 0 Å². The number of hydrogen-bond acceptors (Lipinski definition) is 3. The van der Waals surface area contributed by atoms with E-state index < -0.39 is 0 Å². The van der Waals surface area contributed by atoms with Gasteiger partial charge in [-0.25, -0.2) is 0 Å². The van der Waals surface area contributed by atoms with Crippen LogP contribution in [0, 0.1) is 5.92 Å². The van der Waals surface area contributed by atoms with E-state index in [1.54, 1.807) is 7.11 Å². The van der Waals surface area contributed by atoms with E-state index in [1.807, 2.05) is 12.1 Å². The molecule has 1 fully saturated rings. The number of ether oxygens (including phenoxy) is 1. The normalized spacial score (nSPS) is 24.2. The minimum Gasteiger partial charge on any atom is -0.497 e. The summed E-state index contributed by atoms with van der Waals surface area (Å²) in [6.07, 6.45) is 2.28. The number of methoxy groups -OCH3 is 1. The summed E-state index contributed by atoms with van der Waals surface area (Å²) in [6.45, 7) is 2.32. The molecule has 3 heteroatoms. The Morgan fingerprint density at radius 3 is 2.88 bits per heavy atom. The van der Waals surface area contributed by atoms with Gasteiger partial charge in [0.25, 0.3) is 0 Å². The van der Waals surface area contributed by atoms with Crippen LogP contribution < -0.4 is 15.3 Å².